The molecule has 8 heteroatoms. The minimum absolute atomic E-state index is 0.0596. The topological polar surface area (TPSA) is 92.7 Å². The van der Waals surface area contributed by atoms with E-state index >= 15 is 0 Å². The molecule has 0 heterocycles. The number of rotatable bonds is 10. The van der Waals surface area contributed by atoms with E-state index in [1.165, 1.54) is 18.2 Å². The van der Waals surface area contributed by atoms with Crippen LogP contribution in [0.25, 0.3) is 0 Å². The number of nitrogens with one attached hydrogen (secondary N) is 1. The number of ether oxygens (including phenoxy) is 1. The minimum atomic E-state index is -3.73. The Hall–Kier alpha value is -2.71. The lowest BCUT2D eigenvalue weighted by molar-refractivity contribution is 0.0525. The Kier molecular flexibility index (Phi) is 9.08. The van der Waals surface area contributed by atoms with E-state index < -0.39 is 21.9 Å². The molecular weight excluding hydrogens is 486 g/mol. The summed E-state index contributed by atoms with van der Waals surface area (Å²) in [5, 5.41) is 14.3. The van der Waals surface area contributed by atoms with Gasteiger partial charge < -0.3 is 15.2 Å². The van der Waals surface area contributed by atoms with Gasteiger partial charge in [0.15, 0.2) is 0 Å². The summed E-state index contributed by atoms with van der Waals surface area (Å²) in [5.41, 5.74) is 2.61. The molecular formula is C27H30ClNO5S. The molecule has 186 valence electrons. The molecule has 0 aliphatic heterocycles. The fourth-order valence-electron chi connectivity index (χ4n) is 3.75. The third kappa shape index (κ3) is 6.92. The third-order valence-corrected chi connectivity index (χ3v) is 7.67. The highest BCUT2D eigenvalue weighted by Crippen LogP contribution is 2.24. The molecule has 3 aromatic carbocycles. The average molecular weight is 516 g/mol. The summed E-state index contributed by atoms with van der Waals surface area (Å²) >= 11 is 5.99. The Morgan fingerprint density at radius 3 is 2.37 bits per heavy atom. The van der Waals surface area contributed by atoms with Crippen molar-refractivity contribution in [2.75, 3.05) is 13.2 Å². The van der Waals surface area contributed by atoms with Gasteiger partial charge in [0, 0.05) is 17.6 Å². The zero-order valence-corrected chi connectivity index (χ0v) is 21.6. The summed E-state index contributed by atoms with van der Waals surface area (Å²) in [6, 6.07) is 18.4. The van der Waals surface area contributed by atoms with Crippen molar-refractivity contribution < 1.29 is 23.1 Å². The molecule has 0 aliphatic rings. The maximum absolute atomic E-state index is 13.1. The number of hydrogen-bond acceptors (Lipinski definition) is 6. The number of esters is 1. The van der Waals surface area contributed by atoms with Crippen molar-refractivity contribution in [3.8, 4) is 0 Å². The molecule has 0 bridgehead atoms. The first kappa shape index (κ1) is 26.9. The van der Waals surface area contributed by atoms with Crippen molar-refractivity contribution >= 4 is 27.4 Å². The molecule has 3 aromatic rings. The van der Waals surface area contributed by atoms with Crippen molar-refractivity contribution in [2.45, 2.75) is 49.1 Å². The van der Waals surface area contributed by atoms with E-state index in [9.17, 15) is 18.3 Å². The summed E-state index contributed by atoms with van der Waals surface area (Å²) in [5.74, 6) is -0.471. The first-order valence-electron chi connectivity index (χ1n) is 11.4. The van der Waals surface area contributed by atoms with Crippen LogP contribution in [0.1, 0.15) is 47.0 Å². The predicted molar refractivity (Wildman–Crippen MR) is 137 cm³/mol. The largest absolute Gasteiger partial charge is 0.462 e. The van der Waals surface area contributed by atoms with Gasteiger partial charge in [-0.2, -0.15) is 0 Å². The van der Waals surface area contributed by atoms with Crippen LogP contribution >= 0.6 is 11.6 Å². The van der Waals surface area contributed by atoms with Gasteiger partial charge in [-0.3, -0.25) is 0 Å². The zero-order chi connectivity index (χ0) is 25.6. The van der Waals surface area contributed by atoms with Gasteiger partial charge in [0.1, 0.15) is 0 Å². The van der Waals surface area contributed by atoms with Crippen LogP contribution < -0.4 is 5.32 Å². The third-order valence-electron chi connectivity index (χ3n) is 5.67. The molecule has 6 nitrogen and oxygen atoms in total. The Balaban J connectivity index is 1.63. The monoisotopic (exact) mass is 515 g/mol. The van der Waals surface area contributed by atoms with Crippen LogP contribution in [0.3, 0.4) is 0 Å². The summed E-state index contributed by atoms with van der Waals surface area (Å²) < 4.78 is 31.2. The van der Waals surface area contributed by atoms with Crippen molar-refractivity contribution in [3.63, 3.8) is 0 Å². The second kappa shape index (κ2) is 11.8. The van der Waals surface area contributed by atoms with Crippen molar-refractivity contribution in [3.05, 3.63) is 94.0 Å². The van der Waals surface area contributed by atoms with Gasteiger partial charge in [0.2, 0.25) is 9.84 Å². The molecule has 2 N–H and O–H groups in total. The first-order chi connectivity index (χ1) is 16.6. The highest BCUT2D eigenvalue weighted by molar-refractivity contribution is 7.91. The molecule has 35 heavy (non-hydrogen) atoms. The number of carbonyl (C=O) groups excluding carboxylic acids is 1. The number of aliphatic hydroxyl groups excluding tert-OH is 1. The van der Waals surface area contributed by atoms with Gasteiger partial charge in [0.05, 0.1) is 28.1 Å². The average Bonchev–Trinajstić information content (AvgIpc) is 2.83. The SMILES string of the molecule is CCOC(=O)c1ccc(S(=O)(=O)c2ccc(C[C@@H](C)NC[C@H](O)c3cccc(Cl)c3)cc2)cc1C. The first-order valence-corrected chi connectivity index (χ1v) is 13.3. The quantitative estimate of drug-likeness (QED) is 0.373. The maximum atomic E-state index is 13.1. The number of aryl methyl sites for hydroxylation is 1. The number of benzene rings is 3. The Labute approximate surface area is 211 Å². The summed E-state index contributed by atoms with van der Waals surface area (Å²) in [6.07, 6.45) is -0.0157. The number of carbonyl (C=O) groups is 1. The lowest BCUT2D eigenvalue weighted by Gasteiger charge is -2.18. The van der Waals surface area contributed by atoms with E-state index in [1.54, 1.807) is 56.3 Å². The molecule has 0 radical (unpaired) electrons. The highest BCUT2D eigenvalue weighted by atomic mass is 35.5. The van der Waals surface area contributed by atoms with Crippen LogP contribution in [0, 0.1) is 6.92 Å². The number of aliphatic hydroxyl groups is 1. The molecule has 0 unspecified atom stereocenters. The van der Waals surface area contributed by atoms with Gasteiger partial charge >= 0.3 is 5.97 Å². The second-order valence-corrected chi connectivity index (χ2v) is 10.8. The van der Waals surface area contributed by atoms with Crippen LogP contribution in [0.5, 0.6) is 0 Å². The van der Waals surface area contributed by atoms with E-state index in [0.717, 1.165) is 11.1 Å². The molecule has 0 fully saturated rings. The molecule has 0 amide bonds. The van der Waals surface area contributed by atoms with Gasteiger partial charge in [-0.15, -0.1) is 0 Å². The van der Waals surface area contributed by atoms with Crippen molar-refractivity contribution in [2.24, 2.45) is 0 Å². The van der Waals surface area contributed by atoms with Gasteiger partial charge in [-0.05, 0) is 86.3 Å². The minimum Gasteiger partial charge on any atom is -0.462 e. The van der Waals surface area contributed by atoms with Crippen LogP contribution in [0.15, 0.2) is 76.5 Å². The smallest absolute Gasteiger partial charge is 0.338 e. The fraction of sp³-hybridized carbons (Fsp3) is 0.296. The lowest BCUT2D eigenvalue weighted by atomic mass is 10.1. The highest BCUT2D eigenvalue weighted by Gasteiger charge is 2.20. The number of halogens is 1. The maximum Gasteiger partial charge on any atom is 0.338 e. The van der Waals surface area contributed by atoms with Crippen LogP contribution in [-0.4, -0.2) is 38.7 Å². The number of sulfone groups is 1. The van der Waals surface area contributed by atoms with Gasteiger partial charge in [0.25, 0.3) is 0 Å². The standard InChI is InChI=1S/C27H30ClNO5S/c1-4-34-27(31)25-13-12-24(14-18(25)2)35(32,33)23-10-8-20(9-11-23)15-19(3)29-17-26(30)21-6-5-7-22(28)16-21/h5-14,16,19,26,29-30H,4,15,17H2,1-3H3/t19-,26+/m1/s1. The fourth-order valence-corrected chi connectivity index (χ4v) is 5.30. The number of hydrogen-bond donors (Lipinski definition) is 2. The van der Waals surface area contributed by atoms with E-state index in [1.807, 2.05) is 13.0 Å². The Bertz CT molecular complexity index is 1270. The van der Waals surface area contributed by atoms with Crippen molar-refractivity contribution in [1.82, 2.24) is 5.32 Å². The van der Waals surface area contributed by atoms with Crippen LogP contribution in [-0.2, 0) is 21.0 Å². The molecule has 0 aliphatic carbocycles. The van der Waals surface area contributed by atoms with Crippen molar-refractivity contribution in [1.29, 1.82) is 0 Å². The van der Waals surface area contributed by atoms with Crippen LogP contribution in [0.4, 0.5) is 0 Å². The normalized spacial score (nSPS) is 13.3. The van der Waals surface area contributed by atoms with Gasteiger partial charge in [-0.1, -0.05) is 35.9 Å². The lowest BCUT2D eigenvalue weighted by Crippen LogP contribution is -2.32. The summed E-state index contributed by atoms with van der Waals surface area (Å²) in [6.45, 7) is 6.03. The second-order valence-electron chi connectivity index (χ2n) is 8.43. The summed E-state index contributed by atoms with van der Waals surface area (Å²) in [7, 11) is -3.73. The molecule has 0 aromatic heterocycles. The van der Waals surface area contributed by atoms with E-state index in [-0.39, 0.29) is 22.4 Å². The Morgan fingerprint density at radius 2 is 1.74 bits per heavy atom. The van der Waals surface area contributed by atoms with E-state index in [0.29, 0.717) is 29.1 Å². The zero-order valence-electron chi connectivity index (χ0n) is 20.0. The van der Waals surface area contributed by atoms with E-state index in [2.05, 4.69) is 5.32 Å². The molecule has 3 rings (SSSR count). The van der Waals surface area contributed by atoms with E-state index in [4.69, 9.17) is 16.3 Å². The van der Waals surface area contributed by atoms with Crippen LogP contribution in [0.2, 0.25) is 5.02 Å². The predicted octanol–water partition coefficient (Wildman–Crippen LogP) is 4.91. The Morgan fingerprint density at radius 1 is 1.06 bits per heavy atom. The summed E-state index contributed by atoms with van der Waals surface area (Å²) in [4.78, 5) is 12.3. The molecule has 0 saturated heterocycles. The molecule has 0 saturated carbocycles. The molecule has 2 atom stereocenters. The molecule has 0 spiro atoms. The van der Waals surface area contributed by atoms with Gasteiger partial charge in [-0.25, -0.2) is 13.2 Å².